The Morgan fingerprint density at radius 3 is 1.98 bits per heavy atom. The average Bonchev–Trinajstić information content (AvgIpc) is 3.58. The smallest absolute Gasteiger partial charge is 0.416 e. The summed E-state index contributed by atoms with van der Waals surface area (Å²) in [6.45, 7) is 1.82. The molecule has 1 saturated heterocycles. The molecule has 1 aliphatic heterocycles. The van der Waals surface area contributed by atoms with E-state index >= 15 is 0 Å². The molecule has 0 saturated carbocycles. The minimum atomic E-state index is -4.38. The molecule has 2 aromatic carbocycles. The number of hydrogen-bond donors (Lipinski definition) is 3. The summed E-state index contributed by atoms with van der Waals surface area (Å²) >= 11 is 1.39. The van der Waals surface area contributed by atoms with Crippen LogP contribution in [0.2, 0.25) is 0 Å². The lowest BCUT2D eigenvalue weighted by molar-refractivity contribution is -0.147. The molecule has 10 nitrogen and oxygen atoms in total. The molecule has 2 heterocycles. The molecular weight excluding hydrogens is 728 g/mol. The number of amides is 1. The highest BCUT2D eigenvalue weighted by molar-refractivity contribution is 8.00. The highest BCUT2D eigenvalue weighted by Gasteiger charge is 2.31. The number of aromatic nitrogens is 2. The predicted octanol–water partition coefficient (Wildman–Crippen LogP) is 7.05. The summed E-state index contributed by atoms with van der Waals surface area (Å²) in [4.78, 5) is 41.2. The van der Waals surface area contributed by atoms with E-state index in [9.17, 15) is 40.7 Å². The molecule has 1 aromatic heterocycles. The van der Waals surface area contributed by atoms with Gasteiger partial charge in [-0.15, -0.1) is 11.8 Å². The van der Waals surface area contributed by atoms with Gasteiger partial charge in [0.25, 0.3) is 0 Å². The van der Waals surface area contributed by atoms with Gasteiger partial charge in [-0.3, -0.25) is 14.2 Å². The number of esters is 1. The third kappa shape index (κ3) is 14.8. The van der Waals surface area contributed by atoms with Crippen molar-refractivity contribution in [1.82, 2.24) is 20.2 Å². The molecule has 290 valence electrons. The van der Waals surface area contributed by atoms with Crippen molar-refractivity contribution < 1.29 is 45.4 Å². The number of alkyl halides is 6. The second-order valence-corrected chi connectivity index (χ2v) is 13.7. The van der Waals surface area contributed by atoms with Gasteiger partial charge in [-0.2, -0.15) is 31.3 Å². The van der Waals surface area contributed by atoms with Gasteiger partial charge in [-0.1, -0.05) is 49.2 Å². The van der Waals surface area contributed by atoms with E-state index in [0.717, 1.165) is 49.9 Å². The second kappa shape index (κ2) is 20.5. The van der Waals surface area contributed by atoms with Crippen LogP contribution in [-0.4, -0.2) is 52.3 Å². The van der Waals surface area contributed by atoms with Crippen LogP contribution in [0.25, 0.3) is 0 Å². The number of benzene rings is 2. The van der Waals surface area contributed by atoms with Crippen LogP contribution in [-0.2, 0) is 44.5 Å². The molecule has 3 aromatic rings. The molecule has 1 fully saturated rings. The number of nitrogens with zero attached hydrogens (tertiary/aromatic N) is 2. The molecule has 2 atom stereocenters. The number of unbranched alkanes of at least 4 members (excludes halogenated alkanes) is 4. The van der Waals surface area contributed by atoms with E-state index in [1.165, 1.54) is 40.7 Å². The topological polar surface area (TPSA) is 124 Å². The number of thioether (sulfide) groups is 1. The lowest BCUT2D eigenvalue weighted by Gasteiger charge is -2.15. The molecule has 1 aliphatic rings. The number of anilines is 1. The van der Waals surface area contributed by atoms with Crippen LogP contribution in [0.4, 0.5) is 32.2 Å². The van der Waals surface area contributed by atoms with Gasteiger partial charge in [0.1, 0.15) is 24.1 Å². The predicted molar refractivity (Wildman–Crippen MR) is 188 cm³/mol. The molecule has 17 heteroatoms. The van der Waals surface area contributed by atoms with E-state index in [1.54, 1.807) is 12.1 Å². The maximum absolute atomic E-state index is 12.9. The number of nitrogens with one attached hydrogen (secondary N) is 3. The summed E-state index contributed by atoms with van der Waals surface area (Å²) < 4.78 is 89.6. The molecular formula is C36H43F6N5O5S. The zero-order valence-corrected chi connectivity index (χ0v) is 29.8. The Labute approximate surface area is 307 Å². The van der Waals surface area contributed by atoms with Crippen molar-refractivity contribution >= 4 is 29.5 Å². The summed E-state index contributed by atoms with van der Waals surface area (Å²) in [7, 11) is 0. The highest BCUT2D eigenvalue weighted by Crippen LogP contribution is 2.32. The van der Waals surface area contributed by atoms with Crippen molar-refractivity contribution in [2.45, 2.75) is 88.5 Å². The Kier molecular flexibility index (Phi) is 16.2. The first-order chi connectivity index (χ1) is 25.3. The highest BCUT2D eigenvalue weighted by atomic mass is 32.2. The third-order valence-electron chi connectivity index (χ3n) is 8.18. The van der Waals surface area contributed by atoms with Gasteiger partial charge >= 0.3 is 24.0 Å². The van der Waals surface area contributed by atoms with Crippen molar-refractivity contribution in [3.8, 4) is 0 Å². The van der Waals surface area contributed by atoms with E-state index in [2.05, 4.69) is 20.9 Å². The van der Waals surface area contributed by atoms with E-state index < -0.39 is 40.8 Å². The number of carbonyl (C=O) groups excluding carboxylic acids is 2. The monoisotopic (exact) mass is 771 g/mol. The van der Waals surface area contributed by atoms with Crippen molar-refractivity contribution in [2.24, 2.45) is 0 Å². The maximum Gasteiger partial charge on any atom is 0.416 e. The van der Waals surface area contributed by atoms with E-state index in [4.69, 9.17) is 9.47 Å². The van der Waals surface area contributed by atoms with Gasteiger partial charge < -0.3 is 25.4 Å². The number of hydrogen-bond acceptors (Lipinski definition) is 9. The van der Waals surface area contributed by atoms with Crippen LogP contribution < -0.4 is 21.6 Å². The van der Waals surface area contributed by atoms with E-state index in [1.807, 2.05) is 0 Å². The van der Waals surface area contributed by atoms with Gasteiger partial charge in [0, 0.05) is 37.9 Å². The second-order valence-electron chi connectivity index (χ2n) is 12.5. The van der Waals surface area contributed by atoms with E-state index in [-0.39, 0.29) is 37.1 Å². The van der Waals surface area contributed by atoms with Crippen molar-refractivity contribution in [3.63, 3.8) is 0 Å². The lowest BCUT2D eigenvalue weighted by atomic mass is 10.1. The Morgan fingerprint density at radius 2 is 1.42 bits per heavy atom. The van der Waals surface area contributed by atoms with Crippen LogP contribution in [0.3, 0.4) is 0 Å². The molecule has 0 aliphatic carbocycles. The van der Waals surface area contributed by atoms with Crippen molar-refractivity contribution in [3.05, 3.63) is 93.5 Å². The number of carbonyl (C=O) groups is 2. The quantitative estimate of drug-likeness (QED) is 0.0630. The Bertz CT molecular complexity index is 1690. The zero-order chi connectivity index (χ0) is 38.3. The summed E-state index contributed by atoms with van der Waals surface area (Å²) in [6, 6.07) is 11.8. The average molecular weight is 772 g/mol. The molecule has 0 radical (unpaired) electrons. The van der Waals surface area contributed by atoms with Gasteiger partial charge in [0.05, 0.1) is 11.1 Å². The summed E-state index contributed by atoms with van der Waals surface area (Å²) in [6.07, 6.45) is -3.35. The van der Waals surface area contributed by atoms with Crippen molar-refractivity contribution in [2.75, 3.05) is 30.8 Å². The Morgan fingerprint density at radius 1 is 0.830 bits per heavy atom. The van der Waals surface area contributed by atoms with Crippen LogP contribution in [0.1, 0.15) is 79.8 Å². The van der Waals surface area contributed by atoms with Gasteiger partial charge in [0.2, 0.25) is 5.91 Å². The molecule has 53 heavy (non-hydrogen) atoms. The fourth-order valence-electron chi connectivity index (χ4n) is 5.41. The lowest BCUT2D eigenvalue weighted by Crippen LogP contribution is -2.29. The number of ether oxygens (including phenoxy) is 2. The van der Waals surface area contributed by atoms with Gasteiger partial charge in [-0.05, 0) is 68.1 Å². The molecule has 1 amide bonds. The van der Waals surface area contributed by atoms with Crippen LogP contribution in [0.15, 0.2) is 65.6 Å². The third-order valence-corrected chi connectivity index (χ3v) is 9.28. The fraction of sp³-hybridized carbons (Fsp3) is 0.500. The van der Waals surface area contributed by atoms with Crippen LogP contribution in [0, 0.1) is 0 Å². The first-order valence-electron chi connectivity index (χ1n) is 17.3. The normalized spacial score (nSPS) is 16.1. The fourth-order valence-corrected chi connectivity index (χ4v) is 6.40. The standard InChI is InChI=1S/C36H43F6N5O5S/c37-35(38,39)27-11-7-9-25(19-27)21-43-16-5-1-3-13-30(48)45-29-15-18-47(34(50)46-29)31-24-53-33(52-31)23-51-32(49)14-4-2-6-17-44-22-26-10-8-12-28(20-26)36(40,41)42/h7-12,15,18-20,31,33,43-44H,1-6,13-14,16-17,21-24H2,(H,45,46,48,50). The molecule has 3 N–H and O–H groups in total. The molecule has 0 spiro atoms. The molecule has 0 bridgehead atoms. The Balaban J connectivity index is 1.03. The minimum Gasteiger partial charge on any atom is -0.462 e. The van der Waals surface area contributed by atoms with Crippen molar-refractivity contribution in [1.29, 1.82) is 0 Å². The molecule has 4 rings (SSSR count). The van der Waals surface area contributed by atoms with E-state index in [0.29, 0.717) is 55.9 Å². The molecule has 2 unspecified atom stereocenters. The Hall–Kier alpha value is -3.93. The summed E-state index contributed by atoms with van der Waals surface area (Å²) in [5, 5.41) is 8.84. The first-order valence-corrected chi connectivity index (χ1v) is 18.4. The van der Waals surface area contributed by atoms with Crippen LogP contribution >= 0.6 is 11.8 Å². The maximum atomic E-state index is 12.9. The largest absolute Gasteiger partial charge is 0.462 e. The number of halogens is 6. The first kappa shape index (κ1) is 41.8. The zero-order valence-electron chi connectivity index (χ0n) is 28.9. The van der Waals surface area contributed by atoms with Gasteiger partial charge in [-0.25, -0.2) is 4.79 Å². The SMILES string of the molecule is O=C(CCCCCNCc1cccc(C(F)(F)F)c1)Nc1ccn(C2CSC(COC(=O)CCCCCNCc3cccc(C(F)(F)F)c3)O2)c(=O)n1. The van der Waals surface area contributed by atoms with Crippen LogP contribution in [0.5, 0.6) is 0 Å². The summed E-state index contributed by atoms with van der Waals surface area (Å²) in [5.41, 5.74) is -1.35. The summed E-state index contributed by atoms with van der Waals surface area (Å²) in [5.74, 6) is -0.134. The minimum absolute atomic E-state index is 0.0146. The number of rotatable bonds is 20. The van der Waals surface area contributed by atoms with Gasteiger partial charge in [0.15, 0.2) is 0 Å².